The third kappa shape index (κ3) is 6.31. The molecule has 0 radical (unpaired) electrons. The van der Waals surface area contributed by atoms with E-state index in [1.807, 2.05) is 25.1 Å². The Balaban J connectivity index is 1.50. The van der Waals surface area contributed by atoms with Crippen molar-refractivity contribution in [2.45, 2.75) is 24.9 Å². The van der Waals surface area contributed by atoms with Crippen LogP contribution in [-0.4, -0.2) is 61.2 Å². The Morgan fingerprint density at radius 1 is 0.944 bits per heavy atom. The monoisotopic (exact) mass is 529 g/mol. The summed E-state index contributed by atoms with van der Waals surface area (Å²) < 4.78 is 42.6. The van der Waals surface area contributed by atoms with Gasteiger partial charge in [0.1, 0.15) is 5.82 Å². The second kappa shape index (κ2) is 11.5. The van der Waals surface area contributed by atoms with Crippen molar-refractivity contribution in [3.05, 3.63) is 100 Å². The van der Waals surface area contributed by atoms with Gasteiger partial charge in [0.25, 0.3) is 0 Å². The summed E-state index contributed by atoms with van der Waals surface area (Å²) in [5, 5.41) is 0.112. The molecule has 6 nitrogen and oxygen atoms in total. The first-order valence-electron chi connectivity index (χ1n) is 11.8. The lowest BCUT2D eigenvalue weighted by Crippen LogP contribution is -2.51. The van der Waals surface area contributed by atoms with Gasteiger partial charge in [0.2, 0.25) is 15.9 Å². The van der Waals surface area contributed by atoms with Gasteiger partial charge in [0.15, 0.2) is 0 Å². The summed E-state index contributed by atoms with van der Waals surface area (Å²) in [7, 11) is -4.08. The minimum absolute atomic E-state index is 0.0373. The fourth-order valence-corrected chi connectivity index (χ4v) is 5.77. The number of aryl methyl sites for hydroxylation is 1. The molecule has 1 heterocycles. The van der Waals surface area contributed by atoms with Crippen LogP contribution in [0.5, 0.6) is 0 Å². The van der Waals surface area contributed by atoms with Gasteiger partial charge >= 0.3 is 0 Å². The number of hydrogen-bond acceptors (Lipinski definition) is 4. The SMILES string of the molecule is Cc1ccc(S(=O)(=O)N(CC(=O)N2CCN(Cc3ccccc3)CC2)Cc2c(F)cccc2Cl)cc1. The molecule has 1 saturated heterocycles. The van der Waals surface area contributed by atoms with Gasteiger partial charge in [-0.1, -0.05) is 65.7 Å². The van der Waals surface area contributed by atoms with Crippen molar-refractivity contribution in [2.24, 2.45) is 0 Å². The van der Waals surface area contributed by atoms with Crippen LogP contribution in [0.2, 0.25) is 5.02 Å². The van der Waals surface area contributed by atoms with Gasteiger partial charge in [0, 0.05) is 49.9 Å². The van der Waals surface area contributed by atoms with Gasteiger partial charge in [-0.05, 0) is 36.8 Å². The normalized spacial score (nSPS) is 14.8. The predicted molar refractivity (Wildman–Crippen MR) is 138 cm³/mol. The largest absolute Gasteiger partial charge is 0.339 e. The van der Waals surface area contributed by atoms with Gasteiger partial charge < -0.3 is 4.90 Å². The van der Waals surface area contributed by atoms with Crippen LogP contribution in [0.4, 0.5) is 4.39 Å². The molecule has 1 fully saturated rings. The van der Waals surface area contributed by atoms with Crippen molar-refractivity contribution in [3.63, 3.8) is 0 Å². The summed E-state index contributed by atoms with van der Waals surface area (Å²) in [5.74, 6) is -0.939. The third-order valence-electron chi connectivity index (χ3n) is 6.34. The molecule has 0 spiro atoms. The number of nitrogens with zero attached hydrogens (tertiary/aromatic N) is 3. The Morgan fingerprint density at radius 3 is 2.25 bits per heavy atom. The molecule has 1 amide bonds. The molecule has 0 bridgehead atoms. The Morgan fingerprint density at radius 2 is 1.61 bits per heavy atom. The molecule has 4 rings (SSSR count). The zero-order chi connectivity index (χ0) is 25.7. The lowest BCUT2D eigenvalue weighted by molar-refractivity contribution is -0.133. The van der Waals surface area contributed by atoms with Crippen molar-refractivity contribution < 1.29 is 17.6 Å². The summed E-state index contributed by atoms with van der Waals surface area (Å²) in [5.41, 5.74) is 2.15. The van der Waals surface area contributed by atoms with Crippen molar-refractivity contribution >= 4 is 27.5 Å². The maximum Gasteiger partial charge on any atom is 0.243 e. The molecule has 3 aromatic rings. The third-order valence-corrected chi connectivity index (χ3v) is 8.50. The zero-order valence-corrected chi connectivity index (χ0v) is 21.7. The van der Waals surface area contributed by atoms with Gasteiger partial charge in [-0.3, -0.25) is 9.69 Å². The van der Waals surface area contributed by atoms with Crippen LogP contribution < -0.4 is 0 Å². The molecule has 0 aliphatic carbocycles. The summed E-state index contributed by atoms with van der Waals surface area (Å²) in [6, 6.07) is 20.7. The first-order chi connectivity index (χ1) is 17.2. The average Bonchev–Trinajstić information content (AvgIpc) is 2.87. The molecule has 0 unspecified atom stereocenters. The number of halogens is 2. The molecule has 36 heavy (non-hydrogen) atoms. The smallest absolute Gasteiger partial charge is 0.243 e. The van der Waals surface area contributed by atoms with Crippen molar-refractivity contribution in [1.82, 2.24) is 14.1 Å². The standard InChI is InChI=1S/C27H29ClFN3O3S/c1-21-10-12-23(13-11-21)36(34,35)32(19-24-25(28)8-5-9-26(24)29)20-27(33)31-16-14-30(15-17-31)18-22-6-3-2-4-7-22/h2-13H,14-20H2,1H3. The van der Waals surface area contributed by atoms with E-state index in [4.69, 9.17) is 11.6 Å². The van der Waals surface area contributed by atoms with E-state index in [-0.39, 0.29) is 27.9 Å². The number of carbonyl (C=O) groups excluding carboxylic acids is 1. The van der Waals surface area contributed by atoms with Crippen LogP contribution in [0.1, 0.15) is 16.7 Å². The van der Waals surface area contributed by atoms with Gasteiger partial charge in [-0.25, -0.2) is 12.8 Å². The highest BCUT2D eigenvalue weighted by atomic mass is 35.5. The molecule has 190 valence electrons. The number of rotatable bonds is 8. The lowest BCUT2D eigenvalue weighted by Gasteiger charge is -2.35. The molecular formula is C27H29ClFN3O3S. The molecule has 0 saturated carbocycles. The maximum atomic E-state index is 14.6. The van der Waals surface area contributed by atoms with E-state index >= 15 is 0 Å². The second-order valence-electron chi connectivity index (χ2n) is 8.93. The maximum absolute atomic E-state index is 14.6. The molecule has 0 N–H and O–H groups in total. The Hall–Kier alpha value is -2.78. The lowest BCUT2D eigenvalue weighted by atomic mass is 10.2. The van der Waals surface area contributed by atoms with Gasteiger partial charge in [-0.2, -0.15) is 4.31 Å². The zero-order valence-electron chi connectivity index (χ0n) is 20.1. The summed E-state index contributed by atoms with van der Waals surface area (Å²) in [6.45, 7) is 4.25. The Labute approximate surface area is 216 Å². The van der Waals surface area contributed by atoms with E-state index in [2.05, 4.69) is 17.0 Å². The Bertz CT molecular complexity index is 1280. The van der Waals surface area contributed by atoms with E-state index < -0.39 is 22.4 Å². The van der Waals surface area contributed by atoms with E-state index in [1.54, 1.807) is 17.0 Å². The minimum atomic E-state index is -4.08. The number of benzene rings is 3. The van der Waals surface area contributed by atoms with Gasteiger partial charge in [-0.15, -0.1) is 0 Å². The van der Waals surface area contributed by atoms with Crippen LogP contribution >= 0.6 is 11.6 Å². The van der Waals surface area contributed by atoms with Crippen molar-refractivity contribution in [1.29, 1.82) is 0 Å². The van der Waals surface area contributed by atoms with E-state index in [0.29, 0.717) is 26.2 Å². The first kappa shape index (κ1) is 26.3. The highest BCUT2D eigenvalue weighted by Gasteiger charge is 2.31. The Kier molecular flexibility index (Phi) is 8.41. The van der Waals surface area contributed by atoms with Crippen LogP contribution in [0.25, 0.3) is 0 Å². The van der Waals surface area contributed by atoms with Gasteiger partial charge in [0.05, 0.1) is 11.4 Å². The number of amides is 1. The van der Waals surface area contributed by atoms with Crippen molar-refractivity contribution in [2.75, 3.05) is 32.7 Å². The topological polar surface area (TPSA) is 60.9 Å². The first-order valence-corrected chi connectivity index (χ1v) is 13.6. The number of sulfonamides is 1. The molecule has 1 aliphatic heterocycles. The van der Waals surface area contributed by atoms with Crippen LogP contribution in [-0.2, 0) is 27.9 Å². The van der Waals surface area contributed by atoms with Crippen LogP contribution in [0.3, 0.4) is 0 Å². The number of piperazine rings is 1. The quantitative estimate of drug-likeness (QED) is 0.436. The molecule has 0 aromatic heterocycles. The van der Waals surface area contributed by atoms with Crippen LogP contribution in [0, 0.1) is 12.7 Å². The highest BCUT2D eigenvalue weighted by molar-refractivity contribution is 7.89. The fourth-order valence-electron chi connectivity index (χ4n) is 4.19. The summed E-state index contributed by atoms with van der Waals surface area (Å²) in [4.78, 5) is 17.2. The number of hydrogen-bond donors (Lipinski definition) is 0. The highest BCUT2D eigenvalue weighted by Crippen LogP contribution is 2.25. The molecule has 1 aliphatic rings. The molecule has 3 aromatic carbocycles. The summed E-state index contributed by atoms with van der Waals surface area (Å²) >= 11 is 6.20. The molecule has 0 atom stereocenters. The van der Waals surface area contributed by atoms with Crippen LogP contribution in [0.15, 0.2) is 77.7 Å². The van der Waals surface area contributed by atoms with E-state index in [9.17, 15) is 17.6 Å². The fraction of sp³-hybridized carbons (Fsp3) is 0.296. The second-order valence-corrected chi connectivity index (χ2v) is 11.3. The van der Waals surface area contributed by atoms with E-state index in [1.165, 1.54) is 35.9 Å². The minimum Gasteiger partial charge on any atom is -0.339 e. The molecule has 9 heteroatoms. The molecular weight excluding hydrogens is 501 g/mol. The van der Waals surface area contributed by atoms with Crippen molar-refractivity contribution in [3.8, 4) is 0 Å². The number of carbonyl (C=O) groups is 1. The average molecular weight is 530 g/mol. The predicted octanol–water partition coefficient (Wildman–Crippen LogP) is 4.32. The summed E-state index contributed by atoms with van der Waals surface area (Å²) in [6.07, 6.45) is 0. The van der Waals surface area contributed by atoms with E-state index in [0.717, 1.165) is 16.4 Å².